The molecule has 1 aliphatic rings. The van der Waals surface area contributed by atoms with Crippen molar-refractivity contribution in [3.05, 3.63) is 35.0 Å². The molecule has 0 saturated carbocycles. The first kappa shape index (κ1) is 13.5. The van der Waals surface area contributed by atoms with Gasteiger partial charge in [-0.3, -0.25) is 4.79 Å². The third kappa shape index (κ3) is 2.69. The Morgan fingerprint density at radius 3 is 2.55 bits per heavy atom. The van der Waals surface area contributed by atoms with Crippen molar-refractivity contribution >= 4 is 29.0 Å². The zero-order chi connectivity index (χ0) is 13.9. The van der Waals surface area contributed by atoms with Crippen molar-refractivity contribution in [1.29, 1.82) is 0 Å². The van der Waals surface area contributed by atoms with Gasteiger partial charge >= 0.3 is 0 Å². The average Bonchev–Trinajstić information content (AvgIpc) is 2.97. The van der Waals surface area contributed by atoms with Crippen molar-refractivity contribution in [1.82, 2.24) is 14.5 Å². The Labute approximate surface area is 126 Å². The minimum absolute atomic E-state index is 0.0107. The number of hydrogen-bond donors (Lipinski definition) is 0. The van der Waals surface area contributed by atoms with Crippen LogP contribution in [0.2, 0.25) is 5.02 Å². The van der Waals surface area contributed by atoms with E-state index in [2.05, 4.69) is 9.59 Å². The van der Waals surface area contributed by atoms with Crippen LogP contribution < -0.4 is 0 Å². The molecule has 20 heavy (non-hydrogen) atoms. The second kappa shape index (κ2) is 5.89. The highest BCUT2D eigenvalue weighted by atomic mass is 35.5. The van der Waals surface area contributed by atoms with Gasteiger partial charge in [-0.2, -0.15) is 0 Å². The number of nitrogens with zero attached hydrogens (tertiary/aromatic N) is 3. The van der Waals surface area contributed by atoms with Crippen LogP contribution in [0.1, 0.15) is 29.8 Å². The van der Waals surface area contributed by atoms with Gasteiger partial charge in [0, 0.05) is 18.1 Å². The van der Waals surface area contributed by atoms with Gasteiger partial charge in [0.2, 0.25) is 0 Å². The second-order valence-electron chi connectivity index (χ2n) is 4.81. The second-order valence-corrected chi connectivity index (χ2v) is 6.00. The fourth-order valence-corrected chi connectivity index (χ4v) is 3.15. The van der Waals surface area contributed by atoms with Crippen LogP contribution in [0.4, 0.5) is 0 Å². The lowest BCUT2D eigenvalue weighted by Gasteiger charge is -2.26. The molecular weight excluding hydrogens is 294 g/mol. The van der Waals surface area contributed by atoms with E-state index in [1.54, 1.807) is 0 Å². The molecule has 6 heteroatoms. The summed E-state index contributed by atoms with van der Waals surface area (Å²) in [6.07, 6.45) is 3.34. The van der Waals surface area contributed by atoms with Crippen LogP contribution >= 0.6 is 23.1 Å². The number of carbonyl (C=O) groups is 1. The molecule has 0 unspecified atom stereocenters. The summed E-state index contributed by atoms with van der Waals surface area (Å²) in [6, 6.07) is 7.41. The number of benzene rings is 1. The lowest BCUT2D eigenvalue weighted by molar-refractivity contribution is 0.0719. The monoisotopic (exact) mass is 307 g/mol. The van der Waals surface area contributed by atoms with Gasteiger partial charge in [-0.1, -0.05) is 28.2 Å². The van der Waals surface area contributed by atoms with Gasteiger partial charge in [0.25, 0.3) is 5.91 Å². The number of piperidine rings is 1. The number of rotatable bonds is 2. The zero-order valence-electron chi connectivity index (χ0n) is 10.9. The molecule has 1 aromatic heterocycles. The Morgan fingerprint density at radius 2 is 1.85 bits per heavy atom. The van der Waals surface area contributed by atoms with Crippen LogP contribution in [0, 0.1) is 0 Å². The summed E-state index contributed by atoms with van der Waals surface area (Å²) in [5.41, 5.74) is 1.39. The predicted octanol–water partition coefficient (Wildman–Crippen LogP) is 3.48. The Balaban J connectivity index is 1.89. The average molecular weight is 308 g/mol. The Kier molecular flexibility index (Phi) is 3.98. The first-order valence-corrected chi connectivity index (χ1v) is 7.78. The molecule has 2 aromatic rings. The molecule has 0 atom stereocenters. The highest BCUT2D eigenvalue weighted by Crippen LogP contribution is 2.28. The van der Waals surface area contributed by atoms with Crippen LogP contribution in [-0.2, 0) is 0 Å². The van der Waals surface area contributed by atoms with E-state index in [-0.39, 0.29) is 5.91 Å². The largest absolute Gasteiger partial charge is 0.337 e. The smallest absolute Gasteiger partial charge is 0.275 e. The topological polar surface area (TPSA) is 46.1 Å². The van der Waals surface area contributed by atoms with Crippen LogP contribution in [0.15, 0.2) is 24.3 Å². The normalized spacial score (nSPS) is 15.3. The number of hydrogen-bond acceptors (Lipinski definition) is 4. The van der Waals surface area contributed by atoms with E-state index < -0.39 is 0 Å². The molecule has 0 aliphatic carbocycles. The molecular formula is C14H14ClN3OS. The number of halogens is 1. The number of carbonyl (C=O) groups excluding carboxylic acids is 1. The van der Waals surface area contributed by atoms with Gasteiger partial charge in [0.1, 0.15) is 0 Å². The van der Waals surface area contributed by atoms with Crippen molar-refractivity contribution in [2.75, 3.05) is 13.1 Å². The van der Waals surface area contributed by atoms with Gasteiger partial charge < -0.3 is 4.90 Å². The molecule has 1 fully saturated rings. The van der Waals surface area contributed by atoms with Crippen LogP contribution in [0.3, 0.4) is 0 Å². The van der Waals surface area contributed by atoms with Gasteiger partial charge in [-0.25, -0.2) is 0 Å². The van der Waals surface area contributed by atoms with Crippen molar-refractivity contribution in [2.24, 2.45) is 0 Å². The van der Waals surface area contributed by atoms with E-state index >= 15 is 0 Å². The summed E-state index contributed by atoms with van der Waals surface area (Å²) >= 11 is 7.14. The molecule has 3 rings (SSSR count). The first-order valence-electron chi connectivity index (χ1n) is 6.63. The summed E-state index contributed by atoms with van der Waals surface area (Å²) in [7, 11) is 0. The van der Waals surface area contributed by atoms with Gasteiger partial charge in [0.05, 0.1) is 4.88 Å². The molecule has 104 valence electrons. The molecule has 0 radical (unpaired) electrons. The molecule has 1 aliphatic heterocycles. The molecule has 4 nitrogen and oxygen atoms in total. The molecule has 1 aromatic carbocycles. The third-order valence-electron chi connectivity index (χ3n) is 3.44. The highest BCUT2D eigenvalue weighted by Gasteiger charge is 2.24. The van der Waals surface area contributed by atoms with Crippen molar-refractivity contribution < 1.29 is 4.79 Å². The molecule has 1 saturated heterocycles. The molecule has 2 heterocycles. The van der Waals surface area contributed by atoms with E-state index in [0.29, 0.717) is 10.7 Å². The van der Waals surface area contributed by atoms with Gasteiger partial charge in [0.15, 0.2) is 5.69 Å². The lowest BCUT2D eigenvalue weighted by atomic mass is 10.1. The molecule has 0 N–H and O–H groups in total. The summed E-state index contributed by atoms with van der Waals surface area (Å²) in [4.78, 5) is 15.2. The van der Waals surface area contributed by atoms with Gasteiger partial charge in [-0.15, -0.1) is 5.10 Å². The van der Waals surface area contributed by atoms with E-state index in [9.17, 15) is 4.79 Å². The maximum atomic E-state index is 12.5. The Morgan fingerprint density at radius 1 is 1.15 bits per heavy atom. The van der Waals surface area contributed by atoms with Crippen LogP contribution in [0.5, 0.6) is 0 Å². The predicted molar refractivity (Wildman–Crippen MR) is 80.1 cm³/mol. The minimum atomic E-state index is -0.0107. The first-order chi connectivity index (χ1) is 9.75. The minimum Gasteiger partial charge on any atom is -0.337 e. The Bertz CT molecular complexity index is 605. The van der Waals surface area contributed by atoms with Crippen molar-refractivity contribution in [3.8, 4) is 10.4 Å². The Hall–Kier alpha value is -1.46. The standard InChI is InChI=1S/C14H14ClN3OS/c15-11-6-4-10(5-7-11)13-12(16-17-20-13)14(19)18-8-2-1-3-9-18/h4-7H,1-3,8-9H2. The van der Waals surface area contributed by atoms with Crippen LogP contribution in [-0.4, -0.2) is 33.5 Å². The van der Waals surface area contributed by atoms with E-state index in [0.717, 1.165) is 36.4 Å². The van der Waals surface area contributed by atoms with Crippen LogP contribution in [0.25, 0.3) is 10.4 Å². The van der Waals surface area contributed by atoms with Crippen molar-refractivity contribution in [3.63, 3.8) is 0 Å². The quantitative estimate of drug-likeness (QED) is 0.853. The number of amides is 1. The summed E-state index contributed by atoms with van der Waals surface area (Å²) in [5, 5.41) is 4.71. The number of aromatic nitrogens is 2. The summed E-state index contributed by atoms with van der Waals surface area (Å²) in [6.45, 7) is 1.63. The SMILES string of the molecule is O=C(c1nnsc1-c1ccc(Cl)cc1)N1CCCCC1. The maximum absolute atomic E-state index is 12.5. The number of likely N-dealkylation sites (tertiary alicyclic amines) is 1. The molecule has 1 amide bonds. The fourth-order valence-electron chi connectivity index (χ4n) is 2.37. The van der Waals surface area contributed by atoms with E-state index in [1.807, 2.05) is 29.2 Å². The maximum Gasteiger partial charge on any atom is 0.275 e. The third-order valence-corrected chi connectivity index (χ3v) is 4.47. The summed E-state index contributed by atoms with van der Waals surface area (Å²) < 4.78 is 3.95. The molecule has 0 spiro atoms. The zero-order valence-corrected chi connectivity index (χ0v) is 12.5. The highest BCUT2D eigenvalue weighted by molar-refractivity contribution is 7.09. The fraction of sp³-hybridized carbons (Fsp3) is 0.357. The summed E-state index contributed by atoms with van der Waals surface area (Å²) in [5.74, 6) is -0.0107. The molecule has 0 bridgehead atoms. The van der Waals surface area contributed by atoms with E-state index in [4.69, 9.17) is 11.6 Å². The van der Waals surface area contributed by atoms with E-state index in [1.165, 1.54) is 18.0 Å². The lowest BCUT2D eigenvalue weighted by Crippen LogP contribution is -2.36. The van der Waals surface area contributed by atoms with Gasteiger partial charge in [-0.05, 0) is 48.5 Å². The van der Waals surface area contributed by atoms with Crippen molar-refractivity contribution in [2.45, 2.75) is 19.3 Å².